The van der Waals surface area contributed by atoms with Crippen LogP contribution in [0, 0.1) is 23.7 Å². The minimum atomic E-state index is -0.563. The maximum atomic E-state index is 12.5. The minimum Gasteiger partial charge on any atom is -0.464 e. The molecule has 4 atom stereocenters. The van der Waals surface area contributed by atoms with E-state index in [0.717, 1.165) is 12.8 Å². The molecule has 20 heavy (non-hydrogen) atoms. The van der Waals surface area contributed by atoms with Crippen molar-refractivity contribution in [3.05, 3.63) is 0 Å². The highest BCUT2D eigenvalue weighted by Crippen LogP contribution is 2.38. The van der Waals surface area contributed by atoms with Gasteiger partial charge >= 0.3 is 5.97 Å². The predicted molar refractivity (Wildman–Crippen MR) is 79.1 cm³/mol. The summed E-state index contributed by atoms with van der Waals surface area (Å²) in [5.41, 5.74) is 0. The lowest BCUT2D eigenvalue weighted by atomic mass is 9.69. The molecule has 116 valence electrons. The zero-order chi connectivity index (χ0) is 15.3. The van der Waals surface area contributed by atoms with Gasteiger partial charge in [0.25, 0.3) is 0 Å². The Bertz CT molecular complexity index is 341. The molecule has 0 aromatic rings. The Kier molecular flexibility index (Phi) is 6.50. The van der Waals surface area contributed by atoms with Crippen LogP contribution in [-0.4, -0.2) is 24.5 Å². The topological polar surface area (TPSA) is 55.4 Å². The summed E-state index contributed by atoms with van der Waals surface area (Å²) in [5, 5.41) is 2.83. The summed E-state index contributed by atoms with van der Waals surface area (Å²) >= 11 is 0. The quantitative estimate of drug-likeness (QED) is 0.789. The average Bonchev–Trinajstić information content (AvgIpc) is 2.38. The molecule has 0 heterocycles. The van der Waals surface area contributed by atoms with Gasteiger partial charge in [-0.15, -0.1) is 0 Å². The number of rotatable bonds is 5. The lowest BCUT2D eigenvalue weighted by molar-refractivity contribution is -0.147. The second-order valence-corrected chi connectivity index (χ2v) is 6.41. The minimum absolute atomic E-state index is 0.0100. The molecule has 1 N–H and O–H groups in total. The Labute approximate surface area is 122 Å². The van der Waals surface area contributed by atoms with Crippen LogP contribution in [0.25, 0.3) is 0 Å². The van der Waals surface area contributed by atoms with Crippen molar-refractivity contribution >= 4 is 11.9 Å². The molecule has 4 nitrogen and oxygen atoms in total. The Morgan fingerprint density at radius 1 is 1.25 bits per heavy atom. The van der Waals surface area contributed by atoms with E-state index in [1.54, 1.807) is 13.8 Å². The van der Waals surface area contributed by atoms with E-state index in [1.165, 1.54) is 6.42 Å². The summed E-state index contributed by atoms with van der Waals surface area (Å²) in [5.74, 6) is 1.17. The highest BCUT2D eigenvalue weighted by molar-refractivity contribution is 5.85. The van der Waals surface area contributed by atoms with Crippen molar-refractivity contribution in [2.75, 3.05) is 6.61 Å². The standard InChI is InChI=1S/C16H29NO3/c1-6-20-16(19)12(5)17-15(18)14-9-11(4)7-8-13(14)10(2)3/h10-14H,6-9H2,1-5H3,(H,17,18)/t11-,12?,13+,14-/m1/s1. The number of carbonyl (C=O) groups is 2. The fraction of sp³-hybridized carbons (Fsp3) is 0.875. The lowest BCUT2D eigenvalue weighted by Gasteiger charge is -2.36. The van der Waals surface area contributed by atoms with E-state index < -0.39 is 6.04 Å². The Morgan fingerprint density at radius 2 is 1.90 bits per heavy atom. The van der Waals surface area contributed by atoms with Gasteiger partial charge in [0.15, 0.2) is 0 Å². The van der Waals surface area contributed by atoms with Gasteiger partial charge in [0.2, 0.25) is 5.91 Å². The van der Waals surface area contributed by atoms with Gasteiger partial charge in [0.05, 0.1) is 6.61 Å². The molecule has 0 aliphatic heterocycles. The van der Waals surface area contributed by atoms with Gasteiger partial charge in [0, 0.05) is 5.92 Å². The summed E-state index contributed by atoms with van der Waals surface area (Å²) in [7, 11) is 0. The van der Waals surface area contributed by atoms with Crippen molar-refractivity contribution < 1.29 is 14.3 Å². The third-order valence-corrected chi connectivity index (χ3v) is 4.36. The third-order valence-electron chi connectivity index (χ3n) is 4.36. The summed E-state index contributed by atoms with van der Waals surface area (Å²) in [4.78, 5) is 24.1. The maximum Gasteiger partial charge on any atom is 0.328 e. The van der Waals surface area contributed by atoms with Crippen LogP contribution in [0.5, 0.6) is 0 Å². The van der Waals surface area contributed by atoms with Gasteiger partial charge in [-0.1, -0.05) is 27.2 Å². The van der Waals surface area contributed by atoms with E-state index in [1.807, 2.05) is 0 Å². The molecule has 1 amide bonds. The molecule has 1 unspecified atom stereocenters. The Balaban J connectivity index is 2.65. The molecule has 0 radical (unpaired) electrons. The summed E-state index contributed by atoms with van der Waals surface area (Å²) in [6.45, 7) is 10.3. The largest absolute Gasteiger partial charge is 0.464 e. The summed E-state index contributed by atoms with van der Waals surface area (Å²) < 4.78 is 4.93. The van der Waals surface area contributed by atoms with E-state index in [0.29, 0.717) is 24.4 Å². The van der Waals surface area contributed by atoms with E-state index >= 15 is 0 Å². The first kappa shape index (κ1) is 17.0. The van der Waals surface area contributed by atoms with Crippen molar-refractivity contribution in [2.45, 2.75) is 59.9 Å². The fourth-order valence-electron chi connectivity index (χ4n) is 3.15. The Morgan fingerprint density at radius 3 is 2.45 bits per heavy atom. The molecule has 0 saturated heterocycles. The van der Waals surface area contributed by atoms with Crippen molar-refractivity contribution in [3.8, 4) is 0 Å². The van der Waals surface area contributed by atoms with Crippen LogP contribution in [0.3, 0.4) is 0 Å². The maximum absolute atomic E-state index is 12.5. The van der Waals surface area contributed by atoms with Crippen LogP contribution >= 0.6 is 0 Å². The molecule has 1 saturated carbocycles. The number of nitrogens with one attached hydrogen (secondary N) is 1. The molecule has 0 aromatic carbocycles. The molecule has 1 rings (SSSR count). The van der Waals surface area contributed by atoms with E-state index in [-0.39, 0.29) is 17.8 Å². The molecule has 1 aliphatic carbocycles. The van der Waals surface area contributed by atoms with E-state index in [9.17, 15) is 9.59 Å². The van der Waals surface area contributed by atoms with Crippen LogP contribution < -0.4 is 5.32 Å². The number of amides is 1. The molecule has 1 aliphatic rings. The zero-order valence-electron chi connectivity index (χ0n) is 13.4. The fourth-order valence-corrected chi connectivity index (χ4v) is 3.15. The van der Waals surface area contributed by atoms with Gasteiger partial charge in [-0.3, -0.25) is 4.79 Å². The highest BCUT2D eigenvalue weighted by Gasteiger charge is 2.36. The van der Waals surface area contributed by atoms with Crippen molar-refractivity contribution in [3.63, 3.8) is 0 Å². The van der Waals surface area contributed by atoms with Gasteiger partial charge in [-0.2, -0.15) is 0 Å². The number of hydrogen-bond donors (Lipinski definition) is 1. The number of hydrogen-bond acceptors (Lipinski definition) is 3. The Hall–Kier alpha value is -1.06. The van der Waals surface area contributed by atoms with E-state index in [4.69, 9.17) is 4.74 Å². The molecular weight excluding hydrogens is 254 g/mol. The second-order valence-electron chi connectivity index (χ2n) is 6.41. The average molecular weight is 283 g/mol. The smallest absolute Gasteiger partial charge is 0.328 e. The van der Waals surface area contributed by atoms with Crippen molar-refractivity contribution in [1.29, 1.82) is 0 Å². The van der Waals surface area contributed by atoms with Crippen LogP contribution in [0.15, 0.2) is 0 Å². The van der Waals surface area contributed by atoms with Crippen LogP contribution in [-0.2, 0) is 14.3 Å². The van der Waals surface area contributed by atoms with Crippen LogP contribution in [0.2, 0.25) is 0 Å². The zero-order valence-corrected chi connectivity index (χ0v) is 13.4. The highest BCUT2D eigenvalue weighted by atomic mass is 16.5. The predicted octanol–water partition coefficient (Wildman–Crippen LogP) is 2.76. The molecule has 4 heteroatoms. The molecular formula is C16H29NO3. The van der Waals surface area contributed by atoms with Crippen molar-refractivity contribution in [1.82, 2.24) is 5.32 Å². The number of carbonyl (C=O) groups excluding carboxylic acids is 2. The van der Waals surface area contributed by atoms with Gasteiger partial charge in [-0.25, -0.2) is 4.79 Å². The molecule has 0 aromatic heterocycles. The van der Waals surface area contributed by atoms with Crippen molar-refractivity contribution in [2.24, 2.45) is 23.7 Å². The summed E-state index contributed by atoms with van der Waals surface area (Å²) in [6.07, 6.45) is 3.22. The SMILES string of the molecule is CCOC(=O)C(C)NC(=O)[C@@H]1C[C@H](C)CC[C@H]1C(C)C. The summed E-state index contributed by atoms with van der Waals surface area (Å²) in [6, 6.07) is -0.563. The van der Waals surface area contributed by atoms with Gasteiger partial charge < -0.3 is 10.1 Å². The molecule has 0 spiro atoms. The lowest BCUT2D eigenvalue weighted by Crippen LogP contribution is -2.46. The van der Waals surface area contributed by atoms with Gasteiger partial charge in [0.1, 0.15) is 6.04 Å². The number of esters is 1. The third kappa shape index (κ3) is 4.50. The first-order chi connectivity index (χ1) is 9.36. The van der Waals surface area contributed by atoms with Gasteiger partial charge in [-0.05, 0) is 44.4 Å². The second kappa shape index (κ2) is 7.65. The normalized spacial score (nSPS) is 28.0. The van der Waals surface area contributed by atoms with Crippen LogP contribution in [0.1, 0.15) is 53.9 Å². The molecule has 0 bridgehead atoms. The first-order valence-electron chi connectivity index (χ1n) is 7.83. The molecule has 1 fully saturated rings. The number of ether oxygens (including phenoxy) is 1. The van der Waals surface area contributed by atoms with Crippen LogP contribution in [0.4, 0.5) is 0 Å². The van der Waals surface area contributed by atoms with E-state index in [2.05, 4.69) is 26.1 Å². The monoisotopic (exact) mass is 283 g/mol. The first-order valence-corrected chi connectivity index (χ1v) is 7.83.